The molecule has 0 spiro atoms. The lowest BCUT2D eigenvalue weighted by atomic mass is 9.79. The van der Waals surface area contributed by atoms with Crippen molar-refractivity contribution in [3.8, 4) is 0 Å². The van der Waals surface area contributed by atoms with Crippen LogP contribution in [0.4, 0.5) is 8.78 Å². The maximum absolute atomic E-state index is 11.9. The highest BCUT2D eigenvalue weighted by atomic mass is 19.3. The molecule has 1 heterocycles. The van der Waals surface area contributed by atoms with Crippen LogP contribution >= 0.6 is 0 Å². The minimum absolute atomic E-state index is 0.0645. The topological polar surface area (TPSA) is 27.7 Å². The van der Waals surface area contributed by atoms with Gasteiger partial charge in [0.25, 0.3) is 6.08 Å². The second kappa shape index (κ2) is 10.4. The largest absolute Gasteiger partial charge is 0.374 e. The molecule has 2 rings (SSSR count). The average Bonchev–Trinajstić information content (AvgIpc) is 2.56. The predicted molar refractivity (Wildman–Crippen MR) is 85.3 cm³/mol. The standard InChI is InChI=1S/C18H30F2O3/c1-2-21-16-12-22-18(23-13-16)15-10-8-14(9-11-15)6-4-3-5-7-17(19)20/h7,14-16,18H,2-6,8-13H2,1H3. The predicted octanol–water partition coefficient (Wildman–Crippen LogP) is 4.91. The van der Waals surface area contributed by atoms with Crippen molar-refractivity contribution in [2.45, 2.75) is 70.7 Å². The summed E-state index contributed by atoms with van der Waals surface area (Å²) in [4.78, 5) is 0. The van der Waals surface area contributed by atoms with E-state index in [4.69, 9.17) is 14.2 Å². The highest BCUT2D eigenvalue weighted by molar-refractivity contribution is 4.80. The Labute approximate surface area is 138 Å². The van der Waals surface area contributed by atoms with Crippen molar-refractivity contribution in [3.63, 3.8) is 0 Å². The second-order valence-corrected chi connectivity index (χ2v) is 6.67. The van der Waals surface area contributed by atoms with E-state index in [-0.39, 0.29) is 12.4 Å². The summed E-state index contributed by atoms with van der Waals surface area (Å²) in [6, 6.07) is 0. The monoisotopic (exact) mass is 332 g/mol. The van der Waals surface area contributed by atoms with Crippen LogP contribution in [0.5, 0.6) is 0 Å². The lowest BCUT2D eigenvalue weighted by molar-refractivity contribution is -0.249. The van der Waals surface area contributed by atoms with Crippen LogP contribution < -0.4 is 0 Å². The maximum atomic E-state index is 11.9. The van der Waals surface area contributed by atoms with Gasteiger partial charge in [0.05, 0.1) is 13.2 Å². The number of allylic oxidation sites excluding steroid dienone is 1. The smallest absolute Gasteiger partial charge is 0.266 e. The summed E-state index contributed by atoms with van der Waals surface area (Å²) in [6.45, 7) is 3.95. The molecule has 134 valence electrons. The Morgan fingerprint density at radius 1 is 1.09 bits per heavy atom. The van der Waals surface area contributed by atoms with E-state index in [1.165, 1.54) is 12.8 Å². The second-order valence-electron chi connectivity index (χ2n) is 6.67. The Hall–Kier alpha value is -0.520. The van der Waals surface area contributed by atoms with Crippen LogP contribution in [0.15, 0.2) is 12.2 Å². The molecule has 0 unspecified atom stereocenters. The molecule has 2 aliphatic rings. The Kier molecular flexibility index (Phi) is 8.48. The fourth-order valence-corrected chi connectivity index (χ4v) is 3.64. The van der Waals surface area contributed by atoms with Gasteiger partial charge in [-0.05, 0) is 57.4 Å². The van der Waals surface area contributed by atoms with Crippen LogP contribution in [0.3, 0.4) is 0 Å². The molecule has 0 amide bonds. The summed E-state index contributed by atoms with van der Waals surface area (Å²) in [7, 11) is 0. The van der Waals surface area contributed by atoms with E-state index in [0.29, 0.717) is 32.2 Å². The number of halogens is 2. The van der Waals surface area contributed by atoms with Crippen molar-refractivity contribution in [1.29, 1.82) is 0 Å². The van der Waals surface area contributed by atoms with Crippen LogP contribution in [0.25, 0.3) is 0 Å². The van der Waals surface area contributed by atoms with Gasteiger partial charge < -0.3 is 14.2 Å². The minimum Gasteiger partial charge on any atom is -0.374 e. The molecule has 23 heavy (non-hydrogen) atoms. The minimum atomic E-state index is -1.55. The van der Waals surface area contributed by atoms with Crippen LogP contribution in [0.2, 0.25) is 0 Å². The normalized spacial score (nSPS) is 31.8. The van der Waals surface area contributed by atoms with E-state index in [1.54, 1.807) is 0 Å². The highest BCUT2D eigenvalue weighted by Gasteiger charge is 2.32. The Morgan fingerprint density at radius 2 is 1.78 bits per heavy atom. The van der Waals surface area contributed by atoms with Crippen molar-refractivity contribution in [2.75, 3.05) is 19.8 Å². The molecule has 1 aliphatic heterocycles. The molecular weight excluding hydrogens is 302 g/mol. The highest BCUT2D eigenvalue weighted by Crippen LogP contribution is 2.35. The first-order valence-electron chi connectivity index (χ1n) is 9.05. The molecule has 0 aromatic rings. The van der Waals surface area contributed by atoms with E-state index < -0.39 is 6.08 Å². The lowest BCUT2D eigenvalue weighted by Crippen LogP contribution is -2.41. The van der Waals surface area contributed by atoms with Crippen molar-refractivity contribution in [2.24, 2.45) is 11.8 Å². The molecule has 0 aromatic heterocycles. The average molecular weight is 332 g/mol. The zero-order valence-corrected chi connectivity index (χ0v) is 14.1. The fourth-order valence-electron chi connectivity index (χ4n) is 3.64. The molecule has 0 N–H and O–H groups in total. The van der Waals surface area contributed by atoms with Crippen molar-refractivity contribution >= 4 is 0 Å². The number of hydrogen-bond donors (Lipinski definition) is 0. The number of hydrogen-bond acceptors (Lipinski definition) is 3. The van der Waals surface area contributed by atoms with Gasteiger partial charge in [-0.15, -0.1) is 0 Å². The maximum Gasteiger partial charge on any atom is 0.266 e. The molecule has 0 bridgehead atoms. The van der Waals surface area contributed by atoms with Crippen molar-refractivity contribution in [1.82, 2.24) is 0 Å². The molecule has 5 heteroatoms. The quantitative estimate of drug-likeness (QED) is 0.591. The Bertz CT molecular complexity index is 342. The summed E-state index contributed by atoms with van der Waals surface area (Å²) in [6.07, 6.45) is 7.77. The molecule has 0 atom stereocenters. The van der Waals surface area contributed by atoms with Crippen LogP contribution in [0.1, 0.15) is 58.3 Å². The number of unbranched alkanes of at least 4 members (excludes halogenated alkanes) is 2. The van der Waals surface area contributed by atoms with Gasteiger partial charge in [-0.2, -0.15) is 8.78 Å². The summed E-state index contributed by atoms with van der Waals surface area (Å²) < 4.78 is 41.0. The molecule has 3 nitrogen and oxygen atoms in total. The SMILES string of the molecule is CCOC1COC(C2CCC(CCCCC=C(F)F)CC2)OC1. The lowest BCUT2D eigenvalue weighted by Gasteiger charge is -2.37. The van der Waals surface area contributed by atoms with Gasteiger partial charge >= 0.3 is 0 Å². The third kappa shape index (κ3) is 6.86. The van der Waals surface area contributed by atoms with Crippen LogP contribution in [-0.2, 0) is 14.2 Å². The van der Waals surface area contributed by atoms with E-state index in [9.17, 15) is 8.78 Å². The van der Waals surface area contributed by atoms with E-state index in [0.717, 1.165) is 44.1 Å². The molecular formula is C18H30F2O3. The molecule has 2 fully saturated rings. The van der Waals surface area contributed by atoms with Gasteiger partial charge in [0.1, 0.15) is 6.10 Å². The third-order valence-electron chi connectivity index (χ3n) is 4.94. The zero-order chi connectivity index (χ0) is 16.5. The molecule has 1 saturated carbocycles. The van der Waals surface area contributed by atoms with Crippen molar-refractivity contribution < 1.29 is 23.0 Å². The Balaban J connectivity index is 1.56. The van der Waals surface area contributed by atoms with Gasteiger partial charge in [0, 0.05) is 12.5 Å². The van der Waals surface area contributed by atoms with Gasteiger partial charge in [-0.3, -0.25) is 0 Å². The van der Waals surface area contributed by atoms with Crippen LogP contribution in [-0.4, -0.2) is 32.2 Å². The summed E-state index contributed by atoms with van der Waals surface area (Å²) in [5.74, 6) is 1.24. The zero-order valence-electron chi connectivity index (χ0n) is 14.1. The summed E-state index contributed by atoms with van der Waals surface area (Å²) in [5, 5.41) is 0. The first-order valence-corrected chi connectivity index (χ1v) is 9.05. The third-order valence-corrected chi connectivity index (χ3v) is 4.94. The molecule has 0 aromatic carbocycles. The van der Waals surface area contributed by atoms with E-state index >= 15 is 0 Å². The fraction of sp³-hybridized carbons (Fsp3) is 0.889. The Morgan fingerprint density at radius 3 is 2.39 bits per heavy atom. The number of ether oxygens (including phenoxy) is 3. The summed E-state index contributed by atoms with van der Waals surface area (Å²) in [5.41, 5.74) is 0. The summed E-state index contributed by atoms with van der Waals surface area (Å²) >= 11 is 0. The van der Waals surface area contributed by atoms with Gasteiger partial charge in [-0.25, -0.2) is 0 Å². The molecule has 1 saturated heterocycles. The van der Waals surface area contributed by atoms with Gasteiger partial charge in [0.15, 0.2) is 6.29 Å². The van der Waals surface area contributed by atoms with Crippen LogP contribution in [0, 0.1) is 11.8 Å². The van der Waals surface area contributed by atoms with E-state index in [1.807, 2.05) is 6.92 Å². The first-order chi connectivity index (χ1) is 11.2. The van der Waals surface area contributed by atoms with E-state index in [2.05, 4.69) is 0 Å². The molecule has 0 radical (unpaired) electrons. The van der Waals surface area contributed by atoms with Crippen molar-refractivity contribution in [3.05, 3.63) is 12.2 Å². The molecule has 1 aliphatic carbocycles. The van der Waals surface area contributed by atoms with Gasteiger partial charge in [0.2, 0.25) is 0 Å². The first kappa shape index (κ1) is 18.8. The van der Waals surface area contributed by atoms with Gasteiger partial charge in [-0.1, -0.05) is 12.8 Å². The number of rotatable bonds is 8.